The Hall–Kier alpha value is -3.41. The maximum Gasteiger partial charge on any atom is 0.358 e. The third-order valence-electron chi connectivity index (χ3n) is 6.91. The zero-order chi connectivity index (χ0) is 24.8. The van der Waals surface area contributed by atoms with Crippen molar-refractivity contribution < 1.29 is 14.3 Å². The number of carbonyl (C=O) groups excluding carboxylic acids is 2. The molecule has 6 heteroatoms. The molecule has 1 atom stereocenters. The summed E-state index contributed by atoms with van der Waals surface area (Å²) in [4.78, 5) is 27.8. The van der Waals surface area contributed by atoms with Gasteiger partial charge in [0.1, 0.15) is 0 Å². The fourth-order valence-electron chi connectivity index (χ4n) is 4.89. The third kappa shape index (κ3) is 5.47. The largest absolute Gasteiger partial charge is 0.461 e. The van der Waals surface area contributed by atoms with E-state index in [1.807, 2.05) is 46.0 Å². The van der Waals surface area contributed by atoms with E-state index in [1.54, 1.807) is 6.92 Å². The fourth-order valence-corrected chi connectivity index (χ4v) is 4.89. The number of hydrogen-bond donors (Lipinski definition) is 0. The summed E-state index contributed by atoms with van der Waals surface area (Å²) >= 11 is 0. The molecule has 1 fully saturated rings. The van der Waals surface area contributed by atoms with Gasteiger partial charge in [-0.05, 0) is 55.4 Å². The quantitative estimate of drug-likeness (QED) is 0.397. The number of aryl methyl sites for hydroxylation is 1. The molecule has 0 aliphatic carbocycles. The molecular formula is C29H35N3O3. The molecule has 0 radical (unpaired) electrons. The molecule has 1 amide bonds. The summed E-state index contributed by atoms with van der Waals surface area (Å²) in [5.41, 5.74) is 4.61. The van der Waals surface area contributed by atoms with Crippen LogP contribution in [0.3, 0.4) is 0 Å². The van der Waals surface area contributed by atoms with Gasteiger partial charge in [0.05, 0.1) is 24.3 Å². The Labute approximate surface area is 207 Å². The van der Waals surface area contributed by atoms with E-state index in [9.17, 15) is 9.59 Å². The number of likely N-dealkylation sites (tertiary alicyclic amines) is 1. The molecular weight excluding hydrogens is 438 g/mol. The molecule has 1 aliphatic rings. The van der Waals surface area contributed by atoms with Crippen LogP contribution in [0.1, 0.15) is 73.6 Å². The van der Waals surface area contributed by atoms with Crippen molar-refractivity contribution >= 4 is 11.9 Å². The number of carbonyl (C=O) groups is 2. The van der Waals surface area contributed by atoms with E-state index in [0.29, 0.717) is 25.4 Å². The highest BCUT2D eigenvalue weighted by Crippen LogP contribution is 2.32. The molecule has 4 rings (SSSR count). The lowest BCUT2D eigenvalue weighted by Crippen LogP contribution is -2.41. The van der Waals surface area contributed by atoms with E-state index in [4.69, 9.17) is 4.74 Å². The Balaban J connectivity index is 1.54. The predicted molar refractivity (Wildman–Crippen MR) is 137 cm³/mol. The fraction of sp³-hybridized carbons (Fsp3) is 0.414. The van der Waals surface area contributed by atoms with Crippen molar-refractivity contribution in [3.63, 3.8) is 0 Å². The van der Waals surface area contributed by atoms with Gasteiger partial charge in [-0.15, -0.1) is 0 Å². The molecule has 2 aromatic carbocycles. The van der Waals surface area contributed by atoms with E-state index in [0.717, 1.165) is 42.5 Å². The van der Waals surface area contributed by atoms with Crippen molar-refractivity contribution in [2.45, 2.75) is 58.4 Å². The van der Waals surface area contributed by atoms with Crippen LogP contribution in [0.2, 0.25) is 0 Å². The molecule has 0 bridgehead atoms. The van der Waals surface area contributed by atoms with Crippen molar-refractivity contribution in [2.75, 3.05) is 19.7 Å². The second kappa shape index (κ2) is 11.3. The molecule has 1 saturated heterocycles. The van der Waals surface area contributed by atoms with E-state index < -0.39 is 5.97 Å². The first-order valence-electron chi connectivity index (χ1n) is 12.7. The first-order chi connectivity index (χ1) is 17.0. The Morgan fingerprint density at radius 2 is 1.69 bits per heavy atom. The maximum absolute atomic E-state index is 13.3. The highest BCUT2D eigenvalue weighted by Gasteiger charge is 2.30. The van der Waals surface area contributed by atoms with Crippen molar-refractivity contribution in [3.05, 3.63) is 77.5 Å². The standard InChI is InChI=1S/C29H35N3O3/c1-4-21-12-14-23(15-13-21)27-20-26(29(34)35-6-3)30-32(27)24-16-18-31(19-17-24)28(33)25(5-2)22-10-8-7-9-11-22/h7-15,20,24-25H,4-6,16-19H2,1-3H3/t25-/m0/s1. The smallest absolute Gasteiger partial charge is 0.358 e. The van der Waals surface area contributed by atoms with Crippen molar-refractivity contribution in [1.29, 1.82) is 0 Å². The third-order valence-corrected chi connectivity index (χ3v) is 6.91. The molecule has 3 aromatic rings. The summed E-state index contributed by atoms with van der Waals surface area (Å²) in [6.45, 7) is 7.66. The molecule has 1 aromatic heterocycles. The van der Waals surface area contributed by atoms with Crippen molar-refractivity contribution in [2.24, 2.45) is 0 Å². The minimum atomic E-state index is -0.404. The van der Waals surface area contributed by atoms with E-state index in [1.165, 1.54) is 5.56 Å². The number of aromatic nitrogens is 2. The topological polar surface area (TPSA) is 64.4 Å². The molecule has 0 spiro atoms. The Morgan fingerprint density at radius 1 is 1.00 bits per heavy atom. The zero-order valence-corrected chi connectivity index (χ0v) is 20.9. The number of esters is 1. The average Bonchev–Trinajstić information content (AvgIpc) is 3.36. The van der Waals surface area contributed by atoms with Crippen LogP contribution in [0.5, 0.6) is 0 Å². The van der Waals surface area contributed by atoms with Gasteiger partial charge in [0.2, 0.25) is 5.91 Å². The van der Waals surface area contributed by atoms with Crippen molar-refractivity contribution in [3.8, 4) is 11.3 Å². The van der Waals surface area contributed by atoms with E-state index in [-0.39, 0.29) is 17.9 Å². The number of ether oxygens (including phenoxy) is 1. The van der Waals surface area contributed by atoms with Gasteiger partial charge in [0, 0.05) is 13.1 Å². The molecule has 0 saturated carbocycles. The van der Waals surface area contributed by atoms with Gasteiger partial charge in [0.25, 0.3) is 0 Å². The number of nitrogens with zero attached hydrogens (tertiary/aromatic N) is 3. The number of benzene rings is 2. The molecule has 6 nitrogen and oxygen atoms in total. The summed E-state index contributed by atoms with van der Waals surface area (Å²) in [7, 11) is 0. The van der Waals surface area contributed by atoms with Gasteiger partial charge in [-0.1, -0.05) is 68.4 Å². The number of hydrogen-bond acceptors (Lipinski definition) is 4. The van der Waals surface area contributed by atoms with Crippen LogP contribution in [-0.4, -0.2) is 46.3 Å². The predicted octanol–water partition coefficient (Wildman–Crippen LogP) is 5.65. The van der Waals surface area contributed by atoms with Gasteiger partial charge < -0.3 is 9.64 Å². The van der Waals surface area contributed by atoms with Gasteiger partial charge in [-0.25, -0.2) is 4.79 Å². The minimum Gasteiger partial charge on any atom is -0.461 e. The maximum atomic E-state index is 13.3. The highest BCUT2D eigenvalue weighted by molar-refractivity contribution is 5.88. The van der Waals surface area contributed by atoms with E-state index in [2.05, 4.69) is 43.2 Å². The summed E-state index contributed by atoms with van der Waals surface area (Å²) in [5, 5.41) is 4.68. The molecule has 184 valence electrons. The first-order valence-corrected chi connectivity index (χ1v) is 12.7. The van der Waals surface area contributed by atoms with Crippen LogP contribution in [0.25, 0.3) is 11.3 Å². The number of piperidine rings is 1. The van der Waals surface area contributed by atoms with E-state index >= 15 is 0 Å². The second-order valence-electron chi connectivity index (χ2n) is 9.06. The van der Waals surface area contributed by atoms with Crippen LogP contribution in [0.15, 0.2) is 60.7 Å². The lowest BCUT2D eigenvalue weighted by atomic mass is 9.93. The molecule has 35 heavy (non-hydrogen) atoms. The molecule has 2 heterocycles. The molecule has 0 unspecified atom stereocenters. The monoisotopic (exact) mass is 473 g/mol. The Kier molecular flexibility index (Phi) is 8.01. The molecule has 1 aliphatic heterocycles. The minimum absolute atomic E-state index is 0.111. The lowest BCUT2D eigenvalue weighted by Gasteiger charge is -2.35. The van der Waals surface area contributed by atoms with Gasteiger partial charge in [0.15, 0.2) is 5.69 Å². The van der Waals surface area contributed by atoms with Crippen LogP contribution in [0, 0.1) is 0 Å². The number of amides is 1. The van der Waals surface area contributed by atoms with Gasteiger partial charge in [-0.3, -0.25) is 9.48 Å². The normalized spacial score (nSPS) is 15.1. The van der Waals surface area contributed by atoms with Crippen LogP contribution in [-0.2, 0) is 16.0 Å². The Morgan fingerprint density at radius 3 is 2.29 bits per heavy atom. The SMILES string of the molecule is CCOC(=O)c1cc(-c2ccc(CC)cc2)n(C2CCN(C(=O)[C@@H](CC)c3ccccc3)CC2)n1. The number of rotatable bonds is 8. The first kappa shape index (κ1) is 24.7. The summed E-state index contributed by atoms with van der Waals surface area (Å²) in [5.74, 6) is -0.320. The van der Waals surface area contributed by atoms with Crippen molar-refractivity contribution in [1.82, 2.24) is 14.7 Å². The second-order valence-corrected chi connectivity index (χ2v) is 9.06. The summed E-state index contributed by atoms with van der Waals surface area (Å²) < 4.78 is 7.19. The average molecular weight is 474 g/mol. The Bertz CT molecular complexity index is 1130. The van der Waals surface area contributed by atoms with Crippen LogP contribution >= 0.6 is 0 Å². The van der Waals surface area contributed by atoms with Crippen LogP contribution < -0.4 is 0 Å². The summed E-state index contributed by atoms with van der Waals surface area (Å²) in [6, 6.07) is 20.4. The van der Waals surface area contributed by atoms with Gasteiger partial charge >= 0.3 is 5.97 Å². The van der Waals surface area contributed by atoms with Crippen LogP contribution in [0.4, 0.5) is 0 Å². The summed E-state index contributed by atoms with van der Waals surface area (Å²) in [6.07, 6.45) is 3.34. The zero-order valence-electron chi connectivity index (χ0n) is 20.9. The molecule has 0 N–H and O–H groups in total. The lowest BCUT2D eigenvalue weighted by molar-refractivity contribution is -0.134. The highest BCUT2D eigenvalue weighted by atomic mass is 16.5. The van der Waals surface area contributed by atoms with Gasteiger partial charge in [-0.2, -0.15) is 5.10 Å².